The van der Waals surface area contributed by atoms with Crippen LogP contribution in [-0.4, -0.2) is 37.9 Å². The Labute approximate surface area is 169 Å². The number of rotatable bonds is 9. The van der Waals surface area contributed by atoms with Gasteiger partial charge in [0.1, 0.15) is 18.1 Å². The molecule has 0 heterocycles. The Balaban J connectivity index is 1.39. The van der Waals surface area contributed by atoms with Crippen molar-refractivity contribution in [2.75, 3.05) is 25.6 Å². The van der Waals surface area contributed by atoms with E-state index in [4.69, 9.17) is 9.47 Å². The topological polar surface area (TPSA) is 93.7 Å². The lowest BCUT2D eigenvalue weighted by atomic mass is 10.1. The van der Waals surface area contributed by atoms with Crippen molar-refractivity contribution >= 4 is 23.3 Å². The average Bonchev–Trinajstić information content (AvgIpc) is 3.53. The van der Waals surface area contributed by atoms with Gasteiger partial charge in [0, 0.05) is 11.3 Å². The normalized spacial score (nSPS) is 17.2. The van der Waals surface area contributed by atoms with Crippen LogP contribution in [0, 0.1) is 11.8 Å². The van der Waals surface area contributed by atoms with Crippen LogP contribution in [-0.2, 0) is 9.59 Å². The third-order valence-corrected chi connectivity index (χ3v) is 4.73. The number of amides is 2. The van der Waals surface area contributed by atoms with Gasteiger partial charge in [-0.05, 0) is 49.7 Å². The van der Waals surface area contributed by atoms with E-state index < -0.39 is 0 Å². The van der Waals surface area contributed by atoms with Gasteiger partial charge >= 0.3 is 0 Å². The van der Waals surface area contributed by atoms with E-state index in [1.165, 1.54) is 6.92 Å². The molecule has 2 aromatic carbocycles. The highest BCUT2D eigenvalue weighted by Crippen LogP contribution is 2.39. The lowest BCUT2D eigenvalue weighted by molar-refractivity contribution is -0.125. The van der Waals surface area contributed by atoms with Crippen molar-refractivity contribution in [1.29, 1.82) is 0 Å². The zero-order valence-corrected chi connectivity index (χ0v) is 16.4. The summed E-state index contributed by atoms with van der Waals surface area (Å²) in [6, 6.07) is 13.9. The van der Waals surface area contributed by atoms with Crippen LogP contribution < -0.4 is 20.1 Å². The van der Waals surface area contributed by atoms with Gasteiger partial charge in [-0.2, -0.15) is 0 Å². The number of ether oxygens (including phenoxy) is 2. The van der Waals surface area contributed by atoms with E-state index in [-0.39, 0.29) is 29.4 Å². The Kier molecular flexibility index (Phi) is 6.49. The standard InChI is InChI=1S/C22H24N2O5/c1-14(25)15-4-3-5-16(12-15)24-22(27)20-13-19(20)21(26)23-10-11-29-18-8-6-17(28-2)7-9-18/h3-9,12,19-20H,10-11,13H2,1-2H3,(H,23,26)(H,24,27). The van der Waals surface area contributed by atoms with E-state index in [1.54, 1.807) is 55.6 Å². The number of benzene rings is 2. The summed E-state index contributed by atoms with van der Waals surface area (Å²) < 4.78 is 10.6. The van der Waals surface area contributed by atoms with Gasteiger partial charge in [0.25, 0.3) is 0 Å². The molecule has 0 spiro atoms. The molecule has 0 aliphatic heterocycles. The summed E-state index contributed by atoms with van der Waals surface area (Å²) in [7, 11) is 1.60. The molecule has 0 radical (unpaired) electrons. The Morgan fingerprint density at radius 2 is 1.69 bits per heavy atom. The molecule has 1 fully saturated rings. The first kappa shape index (κ1) is 20.4. The molecule has 1 aliphatic carbocycles. The minimum atomic E-state index is -0.349. The average molecular weight is 396 g/mol. The highest BCUT2D eigenvalue weighted by atomic mass is 16.5. The fourth-order valence-corrected chi connectivity index (χ4v) is 2.97. The molecule has 0 saturated heterocycles. The Bertz CT molecular complexity index is 894. The molecule has 2 amide bonds. The lowest BCUT2D eigenvalue weighted by Gasteiger charge is -2.09. The zero-order valence-electron chi connectivity index (χ0n) is 16.4. The summed E-state index contributed by atoms with van der Waals surface area (Å²) >= 11 is 0. The van der Waals surface area contributed by atoms with Crippen LogP contribution in [0.15, 0.2) is 48.5 Å². The first-order valence-electron chi connectivity index (χ1n) is 9.44. The van der Waals surface area contributed by atoms with Gasteiger partial charge in [-0.1, -0.05) is 12.1 Å². The number of hydrogen-bond acceptors (Lipinski definition) is 5. The van der Waals surface area contributed by atoms with Crippen LogP contribution >= 0.6 is 0 Å². The Morgan fingerprint density at radius 1 is 1.00 bits per heavy atom. The number of anilines is 1. The third kappa shape index (κ3) is 5.57. The van der Waals surface area contributed by atoms with Gasteiger partial charge in [-0.3, -0.25) is 14.4 Å². The fraction of sp³-hybridized carbons (Fsp3) is 0.318. The molecule has 1 saturated carbocycles. The highest BCUT2D eigenvalue weighted by Gasteiger charge is 2.47. The number of hydrogen-bond donors (Lipinski definition) is 2. The number of nitrogens with one attached hydrogen (secondary N) is 2. The SMILES string of the molecule is COc1ccc(OCCNC(=O)C2CC2C(=O)Nc2cccc(C(C)=O)c2)cc1. The second-order valence-electron chi connectivity index (χ2n) is 6.89. The van der Waals surface area contributed by atoms with Crippen LogP contribution in [0.3, 0.4) is 0 Å². The summed E-state index contributed by atoms with van der Waals surface area (Å²) in [6.07, 6.45) is 0.517. The highest BCUT2D eigenvalue weighted by molar-refractivity contribution is 6.01. The summed E-state index contributed by atoms with van der Waals surface area (Å²) in [5.74, 6) is 0.335. The second kappa shape index (κ2) is 9.23. The smallest absolute Gasteiger partial charge is 0.228 e. The van der Waals surface area contributed by atoms with Crippen molar-refractivity contribution in [3.8, 4) is 11.5 Å². The van der Waals surface area contributed by atoms with Crippen molar-refractivity contribution < 1.29 is 23.9 Å². The predicted molar refractivity (Wildman–Crippen MR) is 108 cm³/mol. The molecule has 3 rings (SSSR count). The predicted octanol–water partition coefficient (Wildman–Crippen LogP) is 2.67. The van der Waals surface area contributed by atoms with Crippen LogP contribution in [0.2, 0.25) is 0 Å². The molecular formula is C22H24N2O5. The number of carbonyl (C=O) groups is 3. The van der Waals surface area contributed by atoms with E-state index in [9.17, 15) is 14.4 Å². The van der Waals surface area contributed by atoms with E-state index in [2.05, 4.69) is 10.6 Å². The largest absolute Gasteiger partial charge is 0.497 e. The van der Waals surface area contributed by atoms with Crippen molar-refractivity contribution in [3.05, 3.63) is 54.1 Å². The molecule has 2 atom stereocenters. The maximum absolute atomic E-state index is 12.3. The van der Waals surface area contributed by atoms with Crippen LogP contribution in [0.1, 0.15) is 23.7 Å². The van der Waals surface area contributed by atoms with E-state index in [1.807, 2.05) is 0 Å². The van der Waals surface area contributed by atoms with Gasteiger partial charge in [0.05, 0.1) is 25.5 Å². The number of Topliss-reactive ketones (excluding diaryl/α,β-unsaturated/α-hetero) is 1. The molecule has 1 aliphatic rings. The molecule has 7 nitrogen and oxygen atoms in total. The summed E-state index contributed by atoms with van der Waals surface area (Å²) in [5, 5.41) is 5.57. The summed E-state index contributed by atoms with van der Waals surface area (Å²) in [4.78, 5) is 36.0. The molecule has 0 aromatic heterocycles. The van der Waals surface area contributed by atoms with Crippen LogP contribution in [0.5, 0.6) is 11.5 Å². The van der Waals surface area contributed by atoms with E-state index >= 15 is 0 Å². The summed E-state index contributed by atoms with van der Waals surface area (Å²) in [5.41, 5.74) is 1.09. The van der Waals surface area contributed by atoms with Gasteiger partial charge < -0.3 is 20.1 Å². The van der Waals surface area contributed by atoms with Crippen LogP contribution in [0.4, 0.5) is 5.69 Å². The number of ketones is 1. The van der Waals surface area contributed by atoms with E-state index in [0.29, 0.717) is 36.6 Å². The molecule has 7 heteroatoms. The van der Waals surface area contributed by atoms with Crippen molar-refractivity contribution in [2.45, 2.75) is 13.3 Å². The molecule has 2 N–H and O–H groups in total. The maximum atomic E-state index is 12.3. The number of methoxy groups -OCH3 is 1. The first-order valence-corrected chi connectivity index (χ1v) is 9.44. The molecule has 152 valence electrons. The maximum Gasteiger partial charge on any atom is 0.228 e. The summed E-state index contributed by atoms with van der Waals surface area (Å²) in [6.45, 7) is 2.16. The quantitative estimate of drug-likeness (QED) is 0.502. The molecule has 2 unspecified atom stereocenters. The van der Waals surface area contributed by atoms with Gasteiger partial charge in [-0.15, -0.1) is 0 Å². The minimum absolute atomic E-state index is 0.0679. The Hall–Kier alpha value is -3.35. The monoisotopic (exact) mass is 396 g/mol. The zero-order chi connectivity index (χ0) is 20.8. The Morgan fingerprint density at radius 3 is 2.38 bits per heavy atom. The van der Waals surface area contributed by atoms with E-state index in [0.717, 1.165) is 5.75 Å². The molecule has 29 heavy (non-hydrogen) atoms. The van der Waals surface area contributed by atoms with Crippen molar-refractivity contribution in [3.63, 3.8) is 0 Å². The molecular weight excluding hydrogens is 372 g/mol. The van der Waals surface area contributed by atoms with Gasteiger partial charge in [0.15, 0.2) is 5.78 Å². The van der Waals surface area contributed by atoms with Crippen molar-refractivity contribution in [2.24, 2.45) is 11.8 Å². The van der Waals surface area contributed by atoms with Gasteiger partial charge in [-0.25, -0.2) is 0 Å². The fourth-order valence-electron chi connectivity index (χ4n) is 2.97. The first-order chi connectivity index (χ1) is 14.0. The molecule has 0 bridgehead atoms. The third-order valence-electron chi connectivity index (χ3n) is 4.73. The minimum Gasteiger partial charge on any atom is -0.497 e. The van der Waals surface area contributed by atoms with Crippen LogP contribution in [0.25, 0.3) is 0 Å². The van der Waals surface area contributed by atoms with Gasteiger partial charge in [0.2, 0.25) is 11.8 Å². The lowest BCUT2D eigenvalue weighted by Crippen LogP contribution is -2.31. The number of carbonyl (C=O) groups excluding carboxylic acids is 3. The van der Waals surface area contributed by atoms with Crippen molar-refractivity contribution in [1.82, 2.24) is 5.32 Å². The second-order valence-corrected chi connectivity index (χ2v) is 6.89. The molecule has 2 aromatic rings.